The van der Waals surface area contributed by atoms with Crippen molar-refractivity contribution in [2.45, 2.75) is 43.5 Å². The standard InChI is InChI=1S/C17H24N2O3S/c1-12-6-7-14(11-16(12)23(21,22)18(2)3)17(20)19-10-4-5-15(19)13-8-9-13/h6-7,11,13,15H,4-5,8-10H2,1-3H3. The summed E-state index contributed by atoms with van der Waals surface area (Å²) in [6.45, 7) is 2.54. The van der Waals surface area contributed by atoms with Crippen molar-refractivity contribution in [1.82, 2.24) is 9.21 Å². The van der Waals surface area contributed by atoms with Gasteiger partial charge in [0.1, 0.15) is 0 Å². The minimum absolute atomic E-state index is 0.0328. The molecular weight excluding hydrogens is 312 g/mol. The molecule has 1 heterocycles. The fourth-order valence-corrected chi connectivity index (χ4v) is 4.53. The van der Waals surface area contributed by atoms with Crippen molar-refractivity contribution >= 4 is 15.9 Å². The lowest BCUT2D eigenvalue weighted by molar-refractivity contribution is 0.0720. The van der Waals surface area contributed by atoms with Gasteiger partial charge in [0.2, 0.25) is 10.0 Å². The number of carbonyl (C=O) groups is 1. The molecule has 1 aromatic carbocycles. The molecule has 6 heteroatoms. The van der Waals surface area contributed by atoms with Gasteiger partial charge < -0.3 is 4.90 Å². The summed E-state index contributed by atoms with van der Waals surface area (Å²) in [5.74, 6) is 0.617. The molecule has 1 saturated heterocycles. The summed E-state index contributed by atoms with van der Waals surface area (Å²) in [5.41, 5.74) is 1.14. The summed E-state index contributed by atoms with van der Waals surface area (Å²) < 4.78 is 26.1. The van der Waals surface area contributed by atoms with Gasteiger partial charge in [-0.2, -0.15) is 0 Å². The third kappa shape index (κ3) is 3.02. The Labute approximate surface area is 138 Å². The Morgan fingerprint density at radius 1 is 1.22 bits per heavy atom. The maximum absolute atomic E-state index is 12.9. The van der Waals surface area contributed by atoms with E-state index in [1.54, 1.807) is 19.1 Å². The van der Waals surface area contributed by atoms with Gasteiger partial charge in [0.15, 0.2) is 0 Å². The predicted octanol–water partition coefficient (Wildman–Crippen LogP) is 2.26. The lowest BCUT2D eigenvalue weighted by atomic mass is 10.1. The Bertz CT molecular complexity index is 723. The lowest BCUT2D eigenvalue weighted by Crippen LogP contribution is -2.37. The first-order valence-corrected chi connectivity index (χ1v) is 9.60. The molecule has 1 unspecified atom stereocenters. The average molecular weight is 336 g/mol. The molecule has 0 radical (unpaired) electrons. The summed E-state index contributed by atoms with van der Waals surface area (Å²) >= 11 is 0. The van der Waals surface area contributed by atoms with Crippen molar-refractivity contribution in [3.63, 3.8) is 0 Å². The molecule has 0 bridgehead atoms. The van der Waals surface area contributed by atoms with E-state index in [0.717, 1.165) is 19.4 Å². The highest BCUT2D eigenvalue weighted by Crippen LogP contribution is 2.40. The number of sulfonamides is 1. The molecule has 1 atom stereocenters. The lowest BCUT2D eigenvalue weighted by Gasteiger charge is -2.25. The van der Waals surface area contributed by atoms with E-state index in [4.69, 9.17) is 0 Å². The largest absolute Gasteiger partial charge is 0.335 e. The van der Waals surface area contributed by atoms with Crippen molar-refractivity contribution in [3.8, 4) is 0 Å². The summed E-state index contributed by atoms with van der Waals surface area (Å²) in [4.78, 5) is 15.0. The summed E-state index contributed by atoms with van der Waals surface area (Å²) in [5, 5.41) is 0. The van der Waals surface area contributed by atoms with Crippen molar-refractivity contribution in [2.75, 3.05) is 20.6 Å². The zero-order valence-electron chi connectivity index (χ0n) is 13.9. The van der Waals surface area contributed by atoms with Gasteiger partial charge in [0, 0.05) is 32.2 Å². The normalized spacial score (nSPS) is 21.9. The molecule has 0 N–H and O–H groups in total. The van der Waals surface area contributed by atoms with Crippen LogP contribution in [0.5, 0.6) is 0 Å². The maximum atomic E-state index is 12.9. The van der Waals surface area contributed by atoms with E-state index in [2.05, 4.69) is 0 Å². The molecule has 3 rings (SSSR count). The quantitative estimate of drug-likeness (QED) is 0.847. The second-order valence-corrected chi connectivity index (χ2v) is 8.93. The second kappa shape index (κ2) is 5.91. The van der Waals surface area contributed by atoms with Crippen molar-refractivity contribution in [2.24, 2.45) is 5.92 Å². The molecule has 2 aliphatic rings. The molecule has 1 aromatic rings. The minimum atomic E-state index is -3.54. The molecule has 1 amide bonds. The van der Waals surface area contributed by atoms with Crippen molar-refractivity contribution in [1.29, 1.82) is 0 Å². The summed E-state index contributed by atoms with van der Waals surface area (Å²) in [6.07, 6.45) is 4.54. The van der Waals surface area contributed by atoms with Crippen LogP contribution in [-0.2, 0) is 10.0 Å². The second-order valence-electron chi connectivity index (χ2n) is 6.81. The smallest absolute Gasteiger partial charge is 0.254 e. The number of benzene rings is 1. The van der Waals surface area contributed by atoms with Crippen LogP contribution in [0.3, 0.4) is 0 Å². The molecule has 2 fully saturated rings. The number of amides is 1. The van der Waals surface area contributed by atoms with Gasteiger partial charge in [-0.3, -0.25) is 4.79 Å². The minimum Gasteiger partial charge on any atom is -0.335 e. The zero-order chi connectivity index (χ0) is 16.8. The number of rotatable bonds is 4. The Hall–Kier alpha value is -1.40. The maximum Gasteiger partial charge on any atom is 0.254 e. The number of hydrogen-bond acceptors (Lipinski definition) is 3. The molecule has 1 aliphatic heterocycles. The van der Waals surface area contributed by atoms with Gasteiger partial charge in [-0.25, -0.2) is 12.7 Å². The van der Waals surface area contributed by atoms with Crippen LogP contribution in [0, 0.1) is 12.8 Å². The number of hydrogen-bond donors (Lipinski definition) is 0. The summed E-state index contributed by atoms with van der Waals surface area (Å²) in [7, 11) is -0.528. The van der Waals surface area contributed by atoms with Crippen LogP contribution >= 0.6 is 0 Å². The zero-order valence-corrected chi connectivity index (χ0v) is 14.8. The average Bonchev–Trinajstić information content (AvgIpc) is 3.23. The Balaban J connectivity index is 1.93. The van der Waals surface area contributed by atoms with E-state index in [1.807, 2.05) is 4.90 Å². The van der Waals surface area contributed by atoms with Crippen LogP contribution < -0.4 is 0 Å². The molecule has 0 aromatic heterocycles. The van der Waals surface area contributed by atoms with E-state index < -0.39 is 10.0 Å². The molecule has 126 valence electrons. The van der Waals surface area contributed by atoms with Crippen LogP contribution in [0.25, 0.3) is 0 Å². The number of carbonyl (C=O) groups excluding carboxylic acids is 1. The third-order valence-electron chi connectivity index (χ3n) is 4.92. The molecule has 0 spiro atoms. The Morgan fingerprint density at radius 2 is 1.91 bits per heavy atom. The van der Waals surface area contributed by atoms with Crippen LogP contribution in [0.15, 0.2) is 23.1 Å². The van der Waals surface area contributed by atoms with Gasteiger partial charge in [-0.15, -0.1) is 0 Å². The van der Waals surface area contributed by atoms with Crippen LogP contribution in [0.4, 0.5) is 0 Å². The van der Waals surface area contributed by atoms with Crippen molar-refractivity contribution < 1.29 is 13.2 Å². The monoisotopic (exact) mass is 336 g/mol. The first kappa shape index (κ1) is 16.5. The Morgan fingerprint density at radius 3 is 2.52 bits per heavy atom. The molecule has 1 saturated carbocycles. The highest BCUT2D eigenvalue weighted by Gasteiger charge is 2.40. The van der Waals surface area contributed by atoms with Crippen LogP contribution in [-0.4, -0.2) is 50.2 Å². The van der Waals surface area contributed by atoms with Crippen molar-refractivity contribution in [3.05, 3.63) is 29.3 Å². The van der Waals surface area contributed by atoms with E-state index in [0.29, 0.717) is 23.1 Å². The van der Waals surface area contributed by atoms with Crippen LogP contribution in [0.1, 0.15) is 41.6 Å². The number of aryl methyl sites for hydroxylation is 1. The highest BCUT2D eigenvalue weighted by atomic mass is 32.2. The van der Waals surface area contributed by atoms with Crippen LogP contribution in [0.2, 0.25) is 0 Å². The molecule has 23 heavy (non-hydrogen) atoms. The van der Waals surface area contributed by atoms with E-state index in [9.17, 15) is 13.2 Å². The predicted molar refractivity (Wildman–Crippen MR) is 88.8 cm³/mol. The molecule has 1 aliphatic carbocycles. The molecular formula is C17H24N2O3S. The fourth-order valence-electron chi connectivity index (χ4n) is 3.39. The van der Waals surface area contributed by atoms with Gasteiger partial charge in [0.05, 0.1) is 4.90 Å². The fraction of sp³-hybridized carbons (Fsp3) is 0.588. The topological polar surface area (TPSA) is 57.7 Å². The third-order valence-corrected chi connectivity index (χ3v) is 6.88. The van der Waals surface area contributed by atoms with Gasteiger partial charge >= 0.3 is 0 Å². The summed E-state index contributed by atoms with van der Waals surface area (Å²) in [6, 6.07) is 5.35. The first-order valence-electron chi connectivity index (χ1n) is 8.16. The van der Waals surface area contributed by atoms with Gasteiger partial charge in [-0.1, -0.05) is 6.07 Å². The number of nitrogens with zero attached hydrogens (tertiary/aromatic N) is 2. The van der Waals surface area contributed by atoms with E-state index in [-0.39, 0.29) is 10.8 Å². The highest BCUT2D eigenvalue weighted by molar-refractivity contribution is 7.89. The SMILES string of the molecule is Cc1ccc(C(=O)N2CCCC2C2CC2)cc1S(=O)(=O)N(C)C. The first-order chi connectivity index (χ1) is 10.8. The van der Waals surface area contributed by atoms with E-state index in [1.165, 1.54) is 37.3 Å². The molecule has 5 nitrogen and oxygen atoms in total. The van der Waals surface area contributed by atoms with E-state index >= 15 is 0 Å². The van der Waals surface area contributed by atoms with Gasteiger partial charge in [0.25, 0.3) is 5.91 Å². The Kier molecular flexibility index (Phi) is 4.23. The van der Waals surface area contributed by atoms with Gasteiger partial charge in [-0.05, 0) is 56.2 Å². The number of likely N-dealkylation sites (tertiary alicyclic amines) is 1.